The number of amides is 1. The number of fused-ring (bicyclic) bond motifs is 1. The molecule has 2 aromatic carbocycles. The summed E-state index contributed by atoms with van der Waals surface area (Å²) in [5.74, 6) is 1.71. The monoisotopic (exact) mass is 323 g/mol. The van der Waals surface area contributed by atoms with Crippen molar-refractivity contribution in [3.05, 3.63) is 59.7 Å². The van der Waals surface area contributed by atoms with Crippen LogP contribution in [-0.2, 0) is 16.8 Å². The minimum atomic E-state index is -0.390. The average molecular weight is 323 g/mol. The Kier molecular flexibility index (Phi) is 3.68. The SMILES string of the molecule is CN(Cc1ccccc1)C(=O)C1(c2ccc3c(c2)OCCO3)CC1. The van der Waals surface area contributed by atoms with Gasteiger partial charge in [-0.15, -0.1) is 0 Å². The van der Waals surface area contributed by atoms with Crippen molar-refractivity contribution in [3.8, 4) is 11.5 Å². The van der Waals surface area contributed by atoms with Crippen LogP contribution in [0.2, 0.25) is 0 Å². The zero-order valence-electron chi connectivity index (χ0n) is 13.8. The summed E-state index contributed by atoms with van der Waals surface area (Å²) in [6, 6.07) is 16.0. The smallest absolute Gasteiger partial charge is 0.233 e. The van der Waals surface area contributed by atoms with Crippen molar-refractivity contribution in [2.24, 2.45) is 0 Å². The molecule has 0 aromatic heterocycles. The zero-order valence-corrected chi connectivity index (χ0v) is 13.8. The van der Waals surface area contributed by atoms with E-state index < -0.39 is 0 Å². The molecule has 0 spiro atoms. The molecule has 1 heterocycles. The topological polar surface area (TPSA) is 38.8 Å². The Morgan fingerprint density at radius 2 is 1.75 bits per heavy atom. The number of hydrogen-bond donors (Lipinski definition) is 0. The number of likely N-dealkylation sites (N-methyl/N-ethyl adjacent to an activating group) is 1. The summed E-state index contributed by atoms with van der Waals surface area (Å²) in [6.07, 6.45) is 1.79. The molecular formula is C20H21NO3. The van der Waals surface area contributed by atoms with Crippen molar-refractivity contribution < 1.29 is 14.3 Å². The van der Waals surface area contributed by atoms with Gasteiger partial charge in [-0.2, -0.15) is 0 Å². The highest BCUT2D eigenvalue weighted by Crippen LogP contribution is 2.51. The van der Waals surface area contributed by atoms with Gasteiger partial charge in [-0.3, -0.25) is 4.79 Å². The average Bonchev–Trinajstić information content (AvgIpc) is 3.43. The van der Waals surface area contributed by atoms with Crippen molar-refractivity contribution in [3.63, 3.8) is 0 Å². The maximum absolute atomic E-state index is 13.1. The van der Waals surface area contributed by atoms with Gasteiger partial charge in [0, 0.05) is 13.6 Å². The molecule has 0 unspecified atom stereocenters. The fourth-order valence-electron chi connectivity index (χ4n) is 3.39. The van der Waals surface area contributed by atoms with E-state index in [-0.39, 0.29) is 11.3 Å². The molecule has 1 aliphatic heterocycles. The lowest BCUT2D eigenvalue weighted by Crippen LogP contribution is -2.36. The summed E-state index contributed by atoms with van der Waals surface area (Å²) in [7, 11) is 1.88. The number of carbonyl (C=O) groups is 1. The molecule has 24 heavy (non-hydrogen) atoms. The van der Waals surface area contributed by atoms with Crippen molar-refractivity contribution in [1.82, 2.24) is 4.90 Å². The number of benzene rings is 2. The molecule has 0 bridgehead atoms. The van der Waals surface area contributed by atoms with Crippen LogP contribution in [0.4, 0.5) is 0 Å². The lowest BCUT2D eigenvalue weighted by Gasteiger charge is -2.25. The first-order valence-corrected chi connectivity index (χ1v) is 8.39. The fourth-order valence-corrected chi connectivity index (χ4v) is 3.39. The molecule has 1 amide bonds. The Hall–Kier alpha value is -2.49. The van der Waals surface area contributed by atoms with Crippen LogP contribution in [0.25, 0.3) is 0 Å². The number of hydrogen-bond acceptors (Lipinski definition) is 3. The van der Waals surface area contributed by atoms with Crippen molar-refractivity contribution in [2.45, 2.75) is 24.8 Å². The van der Waals surface area contributed by atoms with Crippen LogP contribution in [0.1, 0.15) is 24.0 Å². The third kappa shape index (κ3) is 2.62. The second-order valence-corrected chi connectivity index (χ2v) is 6.59. The molecule has 0 atom stereocenters. The van der Waals surface area contributed by atoms with Gasteiger partial charge >= 0.3 is 0 Å². The molecule has 0 N–H and O–H groups in total. The Bertz CT molecular complexity index is 753. The van der Waals surface area contributed by atoms with Gasteiger partial charge in [-0.25, -0.2) is 0 Å². The van der Waals surface area contributed by atoms with E-state index in [9.17, 15) is 4.79 Å². The maximum Gasteiger partial charge on any atom is 0.233 e. The zero-order chi connectivity index (χ0) is 16.6. The summed E-state index contributed by atoms with van der Waals surface area (Å²) in [5.41, 5.74) is 1.79. The molecule has 2 aliphatic rings. The summed E-state index contributed by atoms with van der Waals surface area (Å²) < 4.78 is 11.3. The Balaban J connectivity index is 1.55. The van der Waals surface area contributed by atoms with Crippen LogP contribution in [0.15, 0.2) is 48.5 Å². The quantitative estimate of drug-likeness (QED) is 0.867. The summed E-state index contributed by atoms with van der Waals surface area (Å²) in [5, 5.41) is 0. The molecule has 2 aromatic rings. The fraction of sp³-hybridized carbons (Fsp3) is 0.350. The van der Waals surface area contributed by atoms with E-state index in [1.165, 1.54) is 0 Å². The molecule has 1 aliphatic carbocycles. The van der Waals surface area contributed by atoms with E-state index in [1.807, 2.05) is 60.5 Å². The van der Waals surface area contributed by atoms with E-state index in [1.54, 1.807) is 0 Å². The standard InChI is InChI=1S/C20H21NO3/c1-21(14-15-5-3-2-4-6-15)19(22)20(9-10-20)16-7-8-17-18(13-16)24-12-11-23-17/h2-8,13H,9-12,14H2,1H3. The van der Waals surface area contributed by atoms with Gasteiger partial charge in [0.15, 0.2) is 11.5 Å². The van der Waals surface area contributed by atoms with Crippen LogP contribution >= 0.6 is 0 Å². The Morgan fingerprint density at radius 3 is 2.46 bits per heavy atom. The van der Waals surface area contributed by atoms with Gasteiger partial charge < -0.3 is 14.4 Å². The van der Waals surface area contributed by atoms with Crippen molar-refractivity contribution >= 4 is 5.91 Å². The predicted octanol–water partition coefficient (Wildman–Crippen LogP) is 3.15. The third-order valence-electron chi connectivity index (χ3n) is 4.86. The first-order chi connectivity index (χ1) is 11.7. The minimum absolute atomic E-state index is 0.183. The van der Waals surface area contributed by atoms with Crippen LogP contribution in [0.5, 0.6) is 11.5 Å². The van der Waals surface area contributed by atoms with Crippen LogP contribution < -0.4 is 9.47 Å². The summed E-state index contributed by atoms with van der Waals surface area (Å²) >= 11 is 0. The van der Waals surface area contributed by atoms with Gasteiger partial charge in [-0.1, -0.05) is 36.4 Å². The lowest BCUT2D eigenvalue weighted by atomic mass is 9.93. The number of carbonyl (C=O) groups excluding carboxylic acids is 1. The van der Waals surface area contributed by atoms with Gasteiger partial charge in [0.25, 0.3) is 0 Å². The molecule has 1 saturated carbocycles. The molecule has 4 heteroatoms. The van der Waals surface area contributed by atoms with E-state index in [0.29, 0.717) is 19.8 Å². The number of ether oxygens (including phenoxy) is 2. The third-order valence-corrected chi connectivity index (χ3v) is 4.86. The highest BCUT2D eigenvalue weighted by atomic mass is 16.6. The molecule has 0 radical (unpaired) electrons. The van der Waals surface area contributed by atoms with E-state index in [0.717, 1.165) is 35.5 Å². The second-order valence-electron chi connectivity index (χ2n) is 6.59. The van der Waals surface area contributed by atoms with E-state index in [4.69, 9.17) is 9.47 Å². The normalized spacial score (nSPS) is 17.2. The second kappa shape index (κ2) is 5.86. The number of nitrogens with zero attached hydrogens (tertiary/aromatic N) is 1. The molecule has 1 fully saturated rings. The van der Waals surface area contributed by atoms with Crippen LogP contribution in [-0.4, -0.2) is 31.1 Å². The summed E-state index contributed by atoms with van der Waals surface area (Å²) in [4.78, 5) is 14.9. The minimum Gasteiger partial charge on any atom is -0.486 e. The highest BCUT2D eigenvalue weighted by molar-refractivity contribution is 5.91. The Morgan fingerprint density at radius 1 is 1.04 bits per heavy atom. The van der Waals surface area contributed by atoms with Gasteiger partial charge in [0.1, 0.15) is 13.2 Å². The van der Waals surface area contributed by atoms with Gasteiger partial charge in [-0.05, 0) is 36.1 Å². The first kappa shape index (κ1) is 15.1. The summed E-state index contributed by atoms with van der Waals surface area (Å²) in [6.45, 7) is 1.77. The highest BCUT2D eigenvalue weighted by Gasteiger charge is 2.52. The molecular weight excluding hydrogens is 302 g/mol. The predicted molar refractivity (Wildman–Crippen MR) is 91.3 cm³/mol. The van der Waals surface area contributed by atoms with Gasteiger partial charge in [0.2, 0.25) is 5.91 Å². The molecule has 4 rings (SSSR count). The van der Waals surface area contributed by atoms with Gasteiger partial charge in [0.05, 0.1) is 5.41 Å². The molecule has 0 saturated heterocycles. The van der Waals surface area contributed by atoms with Crippen molar-refractivity contribution in [1.29, 1.82) is 0 Å². The lowest BCUT2D eigenvalue weighted by molar-refractivity contribution is -0.133. The van der Waals surface area contributed by atoms with Crippen LogP contribution in [0, 0.1) is 0 Å². The van der Waals surface area contributed by atoms with E-state index in [2.05, 4.69) is 0 Å². The molecule has 4 nitrogen and oxygen atoms in total. The maximum atomic E-state index is 13.1. The number of rotatable bonds is 4. The Labute approximate surface area is 142 Å². The van der Waals surface area contributed by atoms with Crippen LogP contribution in [0.3, 0.4) is 0 Å². The van der Waals surface area contributed by atoms with E-state index >= 15 is 0 Å². The largest absolute Gasteiger partial charge is 0.486 e. The molecule has 124 valence electrons. The first-order valence-electron chi connectivity index (χ1n) is 8.39. The van der Waals surface area contributed by atoms with Crippen molar-refractivity contribution in [2.75, 3.05) is 20.3 Å².